The van der Waals surface area contributed by atoms with E-state index < -0.39 is 0 Å². The van der Waals surface area contributed by atoms with Crippen molar-refractivity contribution in [3.05, 3.63) is 41.4 Å². The van der Waals surface area contributed by atoms with Crippen molar-refractivity contribution in [2.45, 2.75) is 0 Å². The van der Waals surface area contributed by atoms with Gasteiger partial charge in [-0.15, -0.1) is 11.3 Å². The number of nitrogen functional groups attached to an aromatic ring is 1. The van der Waals surface area contributed by atoms with Crippen LogP contribution in [0.5, 0.6) is 5.75 Å². The van der Waals surface area contributed by atoms with E-state index in [1.165, 1.54) is 17.4 Å². The molecule has 0 unspecified atom stereocenters. The maximum Gasteiger partial charge on any atom is 0.179 e. The minimum Gasteiger partial charge on any atom is -0.507 e. The number of phenolic OH excluding ortho intramolecular Hbond substituents is 1. The van der Waals surface area contributed by atoms with Crippen LogP contribution in [0.15, 0.2) is 35.8 Å². The van der Waals surface area contributed by atoms with Gasteiger partial charge in [0.25, 0.3) is 0 Å². The molecular formula is C10H10N2O2SZn. The van der Waals surface area contributed by atoms with E-state index in [9.17, 15) is 4.79 Å². The number of benzene rings is 1. The molecule has 0 spiro atoms. The van der Waals surface area contributed by atoms with Gasteiger partial charge in [-0.05, 0) is 12.1 Å². The molecule has 1 aromatic heterocycles. The molecule has 80 valence electrons. The summed E-state index contributed by atoms with van der Waals surface area (Å²) in [5.74, 6) is 0.0347. The Morgan fingerprint density at radius 2 is 2.06 bits per heavy atom. The summed E-state index contributed by atoms with van der Waals surface area (Å²) in [5, 5.41) is 11.4. The predicted octanol–water partition coefficient (Wildman–Crippen LogP) is 1.93. The Labute approximate surface area is 110 Å². The molecule has 0 fully saturated rings. The molecule has 3 N–H and O–H groups in total. The van der Waals surface area contributed by atoms with Crippen LogP contribution in [0.1, 0.15) is 10.4 Å². The summed E-state index contributed by atoms with van der Waals surface area (Å²) in [7, 11) is 0. The van der Waals surface area contributed by atoms with Crippen LogP contribution in [-0.2, 0) is 19.5 Å². The number of rotatable bonds is 1. The Morgan fingerprint density at radius 1 is 1.38 bits per heavy atom. The van der Waals surface area contributed by atoms with Gasteiger partial charge < -0.3 is 10.8 Å². The number of carbonyl (C=O) groups excluding carboxylic acids is 1. The zero-order chi connectivity index (χ0) is 11.1. The molecule has 0 aliphatic carbocycles. The quantitative estimate of drug-likeness (QED) is 0.621. The second-order valence-corrected chi connectivity index (χ2v) is 3.47. The van der Waals surface area contributed by atoms with E-state index in [4.69, 9.17) is 10.8 Å². The average Bonchev–Trinajstić information content (AvgIpc) is 2.71. The third-order valence-corrected chi connectivity index (χ3v) is 2.12. The van der Waals surface area contributed by atoms with Crippen molar-refractivity contribution in [2.75, 3.05) is 5.73 Å². The Morgan fingerprint density at radius 3 is 2.38 bits per heavy atom. The minimum atomic E-state index is 0. The van der Waals surface area contributed by atoms with Gasteiger partial charge in [0, 0.05) is 31.1 Å². The molecule has 0 aliphatic rings. The molecule has 0 radical (unpaired) electrons. The summed E-state index contributed by atoms with van der Waals surface area (Å²) < 4.78 is 0. The second-order valence-electron chi connectivity index (χ2n) is 2.55. The third kappa shape index (κ3) is 5.00. The zero-order valence-electron chi connectivity index (χ0n) is 8.54. The summed E-state index contributed by atoms with van der Waals surface area (Å²) >= 11 is 1.44. The summed E-state index contributed by atoms with van der Waals surface area (Å²) in [6.45, 7) is 0. The van der Waals surface area contributed by atoms with Gasteiger partial charge >= 0.3 is 0 Å². The van der Waals surface area contributed by atoms with Gasteiger partial charge in [-0.3, -0.25) is 4.79 Å². The number of aldehydes is 1. The first kappa shape index (κ1) is 14.7. The fourth-order valence-electron chi connectivity index (χ4n) is 0.822. The van der Waals surface area contributed by atoms with Crippen LogP contribution in [0.2, 0.25) is 0 Å². The molecule has 4 nitrogen and oxygen atoms in total. The van der Waals surface area contributed by atoms with Crippen molar-refractivity contribution in [1.82, 2.24) is 4.98 Å². The number of hydrogen-bond acceptors (Lipinski definition) is 5. The monoisotopic (exact) mass is 286 g/mol. The van der Waals surface area contributed by atoms with E-state index in [1.54, 1.807) is 24.4 Å². The Balaban J connectivity index is 0.000000283. The average molecular weight is 288 g/mol. The van der Waals surface area contributed by atoms with Gasteiger partial charge in [0.15, 0.2) is 11.4 Å². The zero-order valence-corrected chi connectivity index (χ0v) is 12.3. The summed E-state index contributed by atoms with van der Waals surface area (Å²) in [6.07, 6.45) is 2.30. The topological polar surface area (TPSA) is 76.2 Å². The first-order valence-corrected chi connectivity index (χ1v) is 5.00. The molecule has 0 saturated heterocycles. The van der Waals surface area contributed by atoms with Crippen molar-refractivity contribution < 1.29 is 29.4 Å². The predicted molar refractivity (Wildman–Crippen MR) is 60.0 cm³/mol. The van der Waals surface area contributed by atoms with Gasteiger partial charge in [0.05, 0.1) is 5.56 Å². The van der Waals surface area contributed by atoms with Crippen LogP contribution in [0, 0.1) is 0 Å². The molecule has 0 bridgehead atoms. The fourth-order valence-corrected chi connectivity index (χ4v) is 1.20. The first-order valence-electron chi connectivity index (χ1n) is 4.12. The molecule has 0 aliphatic heterocycles. The normalized spacial score (nSPS) is 8.25. The number of anilines is 1. The maximum atomic E-state index is 10.1. The van der Waals surface area contributed by atoms with Crippen LogP contribution in [0.4, 0.5) is 5.13 Å². The first-order chi connectivity index (χ1) is 7.24. The van der Waals surface area contributed by atoms with Crippen molar-refractivity contribution >= 4 is 22.8 Å². The molecular weight excluding hydrogens is 278 g/mol. The number of thiazole rings is 1. The van der Waals surface area contributed by atoms with Crippen LogP contribution in [0.3, 0.4) is 0 Å². The van der Waals surface area contributed by atoms with Crippen LogP contribution in [-0.4, -0.2) is 16.4 Å². The molecule has 0 saturated carbocycles. The van der Waals surface area contributed by atoms with E-state index in [2.05, 4.69) is 4.98 Å². The van der Waals surface area contributed by atoms with Crippen LogP contribution in [0.25, 0.3) is 0 Å². The van der Waals surface area contributed by atoms with Gasteiger partial charge in [-0.25, -0.2) is 4.98 Å². The molecule has 2 rings (SSSR count). The number of hydrogen-bond donors (Lipinski definition) is 2. The summed E-state index contributed by atoms with van der Waals surface area (Å²) in [4.78, 5) is 13.8. The fraction of sp³-hybridized carbons (Fsp3) is 0. The summed E-state index contributed by atoms with van der Waals surface area (Å²) in [5.41, 5.74) is 5.52. The molecule has 0 atom stereocenters. The van der Waals surface area contributed by atoms with E-state index in [0.29, 0.717) is 17.0 Å². The Kier molecular flexibility index (Phi) is 7.34. The molecule has 16 heavy (non-hydrogen) atoms. The van der Waals surface area contributed by atoms with Gasteiger partial charge in [-0.2, -0.15) is 0 Å². The van der Waals surface area contributed by atoms with Crippen LogP contribution >= 0.6 is 11.3 Å². The molecule has 2 aromatic rings. The summed E-state index contributed by atoms with van der Waals surface area (Å²) in [6, 6.07) is 6.40. The number of nitrogens with zero attached hydrogens (tertiary/aromatic N) is 1. The standard InChI is InChI=1S/C7H6O2.C3H4N2S.Zn/c8-5-6-3-1-2-4-7(6)9;4-3-5-1-2-6-3;/h1-5,9H;1-2H,(H2,4,5);. The second kappa shape index (κ2) is 7.96. The maximum absolute atomic E-state index is 10.1. The molecule has 1 heterocycles. The van der Waals surface area contributed by atoms with Crippen molar-refractivity contribution in [3.63, 3.8) is 0 Å². The van der Waals surface area contributed by atoms with E-state index >= 15 is 0 Å². The number of aromatic hydroxyl groups is 1. The van der Waals surface area contributed by atoms with E-state index in [1.807, 2.05) is 5.38 Å². The number of carbonyl (C=O) groups is 1. The number of nitrogens with two attached hydrogens (primary N) is 1. The Hall–Kier alpha value is -1.26. The smallest absolute Gasteiger partial charge is 0.179 e. The van der Waals surface area contributed by atoms with Crippen LogP contribution < -0.4 is 5.73 Å². The van der Waals surface area contributed by atoms with Gasteiger partial charge in [-0.1, -0.05) is 12.1 Å². The van der Waals surface area contributed by atoms with E-state index in [-0.39, 0.29) is 25.2 Å². The number of para-hydroxylation sites is 1. The SMILES string of the molecule is Nc1nccs1.O=Cc1ccccc1O.[Zn]. The van der Waals surface area contributed by atoms with Crippen molar-refractivity contribution in [2.24, 2.45) is 0 Å². The molecule has 6 heteroatoms. The van der Waals surface area contributed by atoms with Crippen molar-refractivity contribution in [1.29, 1.82) is 0 Å². The van der Waals surface area contributed by atoms with Gasteiger partial charge in [0.1, 0.15) is 5.75 Å². The molecule has 1 aromatic carbocycles. The third-order valence-electron chi connectivity index (χ3n) is 1.52. The van der Waals surface area contributed by atoms with Gasteiger partial charge in [0.2, 0.25) is 0 Å². The molecule has 0 amide bonds. The largest absolute Gasteiger partial charge is 0.507 e. The Bertz CT molecular complexity index is 421. The number of aromatic nitrogens is 1. The van der Waals surface area contributed by atoms with E-state index in [0.717, 1.165) is 0 Å². The number of phenols is 1. The minimum absolute atomic E-state index is 0. The van der Waals surface area contributed by atoms with Crippen molar-refractivity contribution in [3.8, 4) is 5.75 Å².